The average molecular weight is 1260 g/mol. The van der Waals surface area contributed by atoms with Crippen LogP contribution in [0.4, 0.5) is 0 Å². The van der Waals surface area contributed by atoms with Crippen LogP contribution in [0.2, 0.25) is 0 Å². The lowest BCUT2D eigenvalue weighted by molar-refractivity contribution is 0.541. The highest BCUT2D eigenvalue weighted by atomic mass is 15.0. The van der Waals surface area contributed by atoms with Crippen LogP contribution < -0.4 is 0 Å². The lowest BCUT2D eigenvalue weighted by Crippen LogP contribution is -1.99. The summed E-state index contributed by atoms with van der Waals surface area (Å²) in [5.41, 5.74) is 16.3. The van der Waals surface area contributed by atoms with Crippen molar-refractivity contribution in [3.8, 4) is 22.3 Å². The fourth-order valence-electron chi connectivity index (χ4n) is 16.5. The molecule has 11 rings (SSSR count). The molecule has 0 aliphatic rings. The zero-order chi connectivity index (χ0) is 64.5. The van der Waals surface area contributed by atoms with Crippen molar-refractivity contribution in [2.75, 3.05) is 0 Å². The first-order valence-corrected chi connectivity index (χ1v) is 39.6. The van der Waals surface area contributed by atoms with Crippen molar-refractivity contribution < 1.29 is 0 Å². The fourth-order valence-corrected chi connectivity index (χ4v) is 16.5. The Bertz CT molecular complexity index is 3800. The maximum atomic E-state index is 2.70. The van der Waals surface area contributed by atoms with Crippen molar-refractivity contribution in [3.05, 3.63) is 133 Å². The first-order valence-electron chi connectivity index (χ1n) is 39.6. The molecule has 0 atom stereocenters. The van der Waals surface area contributed by atoms with Crippen LogP contribution in [-0.2, 0) is 26.2 Å². The second kappa shape index (κ2) is 36.7. The van der Waals surface area contributed by atoms with E-state index < -0.39 is 0 Å². The fraction of sp³-hybridized carbons (Fsp3) is 0.533. The maximum absolute atomic E-state index is 2.70. The van der Waals surface area contributed by atoms with E-state index in [0.29, 0.717) is 0 Å². The van der Waals surface area contributed by atoms with Gasteiger partial charge < -0.3 is 18.3 Å². The summed E-state index contributed by atoms with van der Waals surface area (Å²) in [5.74, 6) is 0. The molecule has 502 valence electrons. The summed E-state index contributed by atoms with van der Waals surface area (Å²) in [4.78, 5) is 0. The van der Waals surface area contributed by atoms with Gasteiger partial charge in [0.05, 0.1) is 0 Å². The molecule has 0 radical (unpaired) electrons. The Morgan fingerprint density at radius 1 is 0.170 bits per heavy atom. The minimum Gasteiger partial charge on any atom is -0.340 e. The van der Waals surface area contributed by atoms with Gasteiger partial charge in [-0.15, -0.1) is 0 Å². The van der Waals surface area contributed by atoms with Gasteiger partial charge in [-0.1, -0.05) is 332 Å². The summed E-state index contributed by atoms with van der Waals surface area (Å²) in [6.45, 7) is 13.5. The number of para-hydroxylation sites is 2. The lowest BCUT2D eigenvalue weighted by Gasteiger charge is -2.10. The van der Waals surface area contributed by atoms with E-state index in [-0.39, 0.29) is 0 Å². The van der Waals surface area contributed by atoms with E-state index in [1.807, 2.05) is 0 Å². The quantitative estimate of drug-likeness (QED) is 0.0339. The molecule has 0 saturated heterocycles. The van der Waals surface area contributed by atoms with Crippen LogP contribution in [-0.4, -0.2) is 18.3 Å². The molecule has 4 heteroatoms. The molecule has 0 N–H and O–H groups in total. The predicted octanol–water partition coefficient (Wildman–Crippen LogP) is 29.1. The molecule has 0 saturated carbocycles. The number of hydrogen-bond donors (Lipinski definition) is 0. The van der Waals surface area contributed by atoms with E-state index in [2.05, 4.69) is 179 Å². The molecule has 0 aliphatic carbocycles. The Labute approximate surface area is 568 Å². The molecule has 0 bridgehead atoms. The minimum absolute atomic E-state index is 1.06. The van der Waals surface area contributed by atoms with E-state index in [1.165, 1.54) is 366 Å². The van der Waals surface area contributed by atoms with Crippen molar-refractivity contribution in [1.82, 2.24) is 18.3 Å². The zero-order valence-electron chi connectivity index (χ0n) is 59.6. The predicted molar refractivity (Wildman–Crippen MR) is 417 cm³/mol. The number of nitrogens with zero attached hydrogens (tertiary/aromatic N) is 4. The van der Waals surface area contributed by atoms with Gasteiger partial charge in [0.1, 0.15) is 0 Å². The maximum Gasteiger partial charge on any atom is 0.0499 e. The number of fused-ring (bicyclic) bond motifs is 12. The number of rotatable bonds is 46. The molecule has 94 heavy (non-hydrogen) atoms. The number of benzene rings is 7. The molecular formula is C90H122N4. The summed E-state index contributed by atoms with van der Waals surface area (Å²) >= 11 is 0. The van der Waals surface area contributed by atoms with E-state index in [9.17, 15) is 0 Å². The van der Waals surface area contributed by atoms with Gasteiger partial charge in [0, 0.05) is 113 Å². The first kappa shape index (κ1) is 69.1. The Hall–Kier alpha value is -6.26. The van der Waals surface area contributed by atoms with Crippen molar-refractivity contribution in [2.45, 2.75) is 311 Å². The molecule has 7 aromatic carbocycles. The van der Waals surface area contributed by atoms with Gasteiger partial charge in [0.15, 0.2) is 0 Å². The van der Waals surface area contributed by atoms with E-state index in [0.717, 1.165) is 26.2 Å². The van der Waals surface area contributed by atoms with E-state index in [4.69, 9.17) is 0 Å². The number of aryl methyl sites for hydroxylation is 4. The summed E-state index contributed by atoms with van der Waals surface area (Å²) < 4.78 is 10.8. The second-order valence-corrected chi connectivity index (χ2v) is 29.2. The highest BCUT2D eigenvalue weighted by molar-refractivity contribution is 6.20. The third-order valence-electron chi connectivity index (χ3n) is 22.0. The van der Waals surface area contributed by atoms with E-state index >= 15 is 0 Å². The first-order chi connectivity index (χ1) is 46.6. The van der Waals surface area contributed by atoms with Crippen molar-refractivity contribution in [1.29, 1.82) is 0 Å². The van der Waals surface area contributed by atoms with Crippen LogP contribution in [0, 0.1) is 0 Å². The van der Waals surface area contributed by atoms with Crippen LogP contribution >= 0.6 is 0 Å². The molecule has 0 fully saturated rings. The van der Waals surface area contributed by atoms with Crippen LogP contribution in [0.25, 0.3) is 109 Å². The third-order valence-corrected chi connectivity index (χ3v) is 22.0. The Balaban J connectivity index is 0.876. The topological polar surface area (TPSA) is 19.7 Å². The van der Waals surface area contributed by atoms with Gasteiger partial charge in [-0.25, -0.2) is 0 Å². The standard InChI is InChI=1S/C90H122N4/c1-5-9-13-17-21-25-29-33-37-45-61-91-83-51-43-41-49-75(83)79-67-89-81(69-87(79)91)77-65-73(57-59-85(77)93(89)63-47-39-35-31-27-23-19-15-11-7-3)71-53-55-72(56-54-71)74-58-60-86-78(66-74)82-70-88-80(68-90(82)94(86)64-48-40-36-32-28-24-20-16-12-8-4)76-50-42-44-52-84(76)92(88)62-46-38-34-30-26-22-18-14-10-6-2/h41-44,49-60,65-70H,5-40,45-48,61-64H2,1-4H3. The van der Waals surface area contributed by atoms with Gasteiger partial charge in [-0.3, -0.25) is 0 Å². The van der Waals surface area contributed by atoms with Gasteiger partial charge in [-0.05, 0) is 109 Å². The number of aromatic nitrogens is 4. The molecule has 4 aromatic heterocycles. The summed E-state index contributed by atoms with van der Waals surface area (Å²) in [7, 11) is 0. The van der Waals surface area contributed by atoms with Crippen molar-refractivity contribution in [3.63, 3.8) is 0 Å². The summed E-state index contributed by atoms with van der Waals surface area (Å²) in [6.07, 6.45) is 54.3. The number of unbranched alkanes of at least 4 members (excludes halogenated alkanes) is 36. The molecular weight excluding hydrogens is 1140 g/mol. The van der Waals surface area contributed by atoms with Crippen molar-refractivity contribution >= 4 is 87.2 Å². The SMILES string of the molecule is CCCCCCCCCCCCn1c2ccccc2c2cc3c(cc21)c1cc(-c2ccc(-c4ccc5c(c4)c4cc6c(cc4n5CCCCCCCCCCCC)c4ccccc4n6CCCCCCCCCCCC)cc2)ccc1n3CCCCCCCCCCCC. The average Bonchev–Trinajstić information content (AvgIpc) is 1.58. The smallest absolute Gasteiger partial charge is 0.0499 e. The monoisotopic (exact) mass is 1260 g/mol. The zero-order valence-corrected chi connectivity index (χ0v) is 59.6. The molecule has 0 aliphatic heterocycles. The molecule has 11 aromatic rings. The Morgan fingerprint density at radius 2 is 0.372 bits per heavy atom. The largest absolute Gasteiger partial charge is 0.340 e. The highest BCUT2D eigenvalue weighted by Gasteiger charge is 2.21. The molecule has 4 nitrogen and oxygen atoms in total. The van der Waals surface area contributed by atoms with Gasteiger partial charge >= 0.3 is 0 Å². The van der Waals surface area contributed by atoms with Crippen LogP contribution in [0.1, 0.15) is 285 Å². The summed E-state index contributed by atoms with van der Waals surface area (Å²) in [5, 5.41) is 11.2. The second-order valence-electron chi connectivity index (χ2n) is 29.2. The molecule has 0 unspecified atom stereocenters. The van der Waals surface area contributed by atoms with Gasteiger partial charge in [-0.2, -0.15) is 0 Å². The number of hydrogen-bond acceptors (Lipinski definition) is 0. The van der Waals surface area contributed by atoms with Crippen LogP contribution in [0.3, 0.4) is 0 Å². The van der Waals surface area contributed by atoms with E-state index in [1.54, 1.807) is 0 Å². The van der Waals surface area contributed by atoms with Crippen molar-refractivity contribution in [2.24, 2.45) is 0 Å². The molecule has 4 heterocycles. The minimum atomic E-state index is 1.06. The normalized spacial score (nSPS) is 12.2. The van der Waals surface area contributed by atoms with Gasteiger partial charge in [0.25, 0.3) is 0 Å². The third kappa shape index (κ3) is 17.5. The summed E-state index contributed by atoms with van der Waals surface area (Å²) in [6, 6.07) is 53.3. The van der Waals surface area contributed by atoms with Crippen LogP contribution in [0.5, 0.6) is 0 Å². The molecule has 0 amide bonds. The Morgan fingerprint density at radius 3 is 0.638 bits per heavy atom. The Kier molecular flexibility index (Phi) is 27.0. The van der Waals surface area contributed by atoms with Crippen LogP contribution in [0.15, 0.2) is 133 Å². The molecule has 0 spiro atoms. The lowest BCUT2D eigenvalue weighted by atomic mass is 9.98. The van der Waals surface area contributed by atoms with Gasteiger partial charge in [0.2, 0.25) is 0 Å². The highest BCUT2D eigenvalue weighted by Crippen LogP contribution is 2.42.